The predicted molar refractivity (Wildman–Crippen MR) is 135 cm³/mol. The molecule has 2 fully saturated rings. The number of piperidine rings is 1. The number of benzene rings is 2. The molecule has 1 aromatic heterocycles. The van der Waals surface area contributed by atoms with E-state index in [0.29, 0.717) is 5.82 Å². The maximum Gasteiger partial charge on any atom is 0.227 e. The first-order chi connectivity index (χ1) is 16.7. The minimum atomic E-state index is 0.00199. The number of hydrogen-bond donors (Lipinski definition) is 2. The van der Waals surface area contributed by atoms with Gasteiger partial charge in [0.25, 0.3) is 0 Å². The Bertz CT molecular complexity index is 1060. The molecular formula is C26H30N6O2. The molecule has 3 heterocycles. The van der Waals surface area contributed by atoms with Gasteiger partial charge in [0.2, 0.25) is 5.91 Å². The van der Waals surface area contributed by atoms with E-state index in [1.807, 2.05) is 54.6 Å². The Morgan fingerprint density at radius 2 is 1.53 bits per heavy atom. The van der Waals surface area contributed by atoms with Gasteiger partial charge in [-0.1, -0.05) is 18.2 Å². The standard InChI is InChI=1S/C26H30N6O2/c33-26(28-22-6-8-23(9-7-22)31-16-18-34-19-17-31)20-12-14-32(15-13-20)25-11-10-24(29-30-25)27-21-4-2-1-3-5-21/h1-11,20H,12-19H2,(H,27,29)(H,28,33). The fourth-order valence-corrected chi connectivity index (χ4v) is 4.42. The van der Waals surface area contributed by atoms with Gasteiger partial charge in [-0.3, -0.25) is 4.79 Å². The van der Waals surface area contributed by atoms with Gasteiger partial charge in [0, 0.05) is 49.2 Å². The summed E-state index contributed by atoms with van der Waals surface area (Å²) in [6, 6.07) is 21.9. The van der Waals surface area contributed by atoms with Gasteiger partial charge in [0.1, 0.15) is 0 Å². The number of carbonyl (C=O) groups excluding carboxylic acids is 1. The second-order valence-corrected chi connectivity index (χ2v) is 8.66. The Morgan fingerprint density at radius 1 is 0.794 bits per heavy atom. The van der Waals surface area contributed by atoms with Crippen LogP contribution in [-0.2, 0) is 9.53 Å². The van der Waals surface area contributed by atoms with Gasteiger partial charge >= 0.3 is 0 Å². The molecule has 0 unspecified atom stereocenters. The molecule has 0 aliphatic carbocycles. The van der Waals surface area contributed by atoms with Crippen molar-refractivity contribution in [2.75, 3.05) is 59.8 Å². The monoisotopic (exact) mass is 458 g/mol. The Kier molecular flexibility index (Phi) is 6.86. The SMILES string of the molecule is O=C(Nc1ccc(N2CCOCC2)cc1)C1CCN(c2ccc(Nc3ccccc3)nn2)CC1. The van der Waals surface area contributed by atoms with Gasteiger partial charge in [-0.05, 0) is 61.4 Å². The summed E-state index contributed by atoms with van der Waals surface area (Å²) >= 11 is 0. The number of rotatable bonds is 6. The molecule has 8 heteroatoms. The lowest BCUT2D eigenvalue weighted by Gasteiger charge is -2.32. The largest absolute Gasteiger partial charge is 0.378 e. The zero-order chi connectivity index (χ0) is 23.2. The molecule has 2 aliphatic rings. The first kappa shape index (κ1) is 22.2. The van der Waals surface area contributed by atoms with Crippen LogP contribution < -0.4 is 20.4 Å². The third-order valence-electron chi connectivity index (χ3n) is 6.40. The number of morpholine rings is 1. The Labute approximate surface area is 199 Å². The number of hydrogen-bond acceptors (Lipinski definition) is 7. The normalized spacial score (nSPS) is 16.8. The van der Waals surface area contributed by atoms with Crippen LogP contribution in [0.1, 0.15) is 12.8 Å². The van der Waals surface area contributed by atoms with E-state index in [4.69, 9.17) is 4.74 Å². The number of aromatic nitrogens is 2. The zero-order valence-corrected chi connectivity index (χ0v) is 19.2. The lowest BCUT2D eigenvalue weighted by Crippen LogP contribution is -2.38. The van der Waals surface area contributed by atoms with Crippen LogP contribution >= 0.6 is 0 Å². The summed E-state index contributed by atoms with van der Waals surface area (Å²) in [5.41, 5.74) is 2.99. The maximum atomic E-state index is 12.8. The van der Waals surface area contributed by atoms with Crippen molar-refractivity contribution in [1.82, 2.24) is 10.2 Å². The smallest absolute Gasteiger partial charge is 0.227 e. The van der Waals surface area contributed by atoms with Crippen molar-refractivity contribution in [2.24, 2.45) is 5.92 Å². The highest BCUT2D eigenvalue weighted by Crippen LogP contribution is 2.25. The van der Waals surface area contributed by atoms with E-state index >= 15 is 0 Å². The summed E-state index contributed by atoms with van der Waals surface area (Å²) in [5, 5.41) is 15.0. The molecule has 2 aliphatic heterocycles. The molecule has 5 rings (SSSR count). The Morgan fingerprint density at radius 3 is 2.21 bits per heavy atom. The van der Waals surface area contributed by atoms with Crippen LogP contribution in [0.15, 0.2) is 66.7 Å². The summed E-state index contributed by atoms with van der Waals surface area (Å²) in [7, 11) is 0. The van der Waals surface area contributed by atoms with E-state index < -0.39 is 0 Å². The predicted octanol–water partition coefficient (Wildman–Crippen LogP) is 3.91. The second kappa shape index (κ2) is 10.5. The molecule has 8 nitrogen and oxygen atoms in total. The molecule has 176 valence electrons. The summed E-state index contributed by atoms with van der Waals surface area (Å²) in [4.78, 5) is 17.3. The molecule has 1 amide bonds. The molecule has 34 heavy (non-hydrogen) atoms. The summed E-state index contributed by atoms with van der Waals surface area (Å²) < 4.78 is 5.42. The minimum absolute atomic E-state index is 0.00199. The van der Waals surface area contributed by atoms with Crippen molar-refractivity contribution < 1.29 is 9.53 Å². The van der Waals surface area contributed by atoms with Crippen molar-refractivity contribution in [3.05, 3.63) is 66.7 Å². The molecular weight excluding hydrogens is 428 g/mol. The van der Waals surface area contributed by atoms with Gasteiger partial charge in [0.15, 0.2) is 11.6 Å². The molecule has 0 bridgehead atoms. The fourth-order valence-electron chi connectivity index (χ4n) is 4.42. The van der Waals surface area contributed by atoms with E-state index in [1.54, 1.807) is 0 Å². The third-order valence-corrected chi connectivity index (χ3v) is 6.40. The van der Waals surface area contributed by atoms with Crippen LogP contribution in [0, 0.1) is 5.92 Å². The number of amides is 1. The Hall–Kier alpha value is -3.65. The average molecular weight is 459 g/mol. The number of anilines is 5. The number of carbonyl (C=O) groups is 1. The van der Waals surface area contributed by atoms with Crippen molar-refractivity contribution in [2.45, 2.75) is 12.8 Å². The van der Waals surface area contributed by atoms with Crippen LogP contribution in [0.4, 0.5) is 28.7 Å². The van der Waals surface area contributed by atoms with Crippen molar-refractivity contribution >= 4 is 34.6 Å². The molecule has 0 atom stereocenters. The van der Waals surface area contributed by atoms with Gasteiger partial charge in [-0.15, -0.1) is 10.2 Å². The molecule has 0 radical (unpaired) electrons. The van der Waals surface area contributed by atoms with Crippen LogP contribution in [0.25, 0.3) is 0 Å². The number of nitrogens with one attached hydrogen (secondary N) is 2. The molecule has 2 N–H and O–H groups in total. The number of ether oxygens (including phenoxy) is 1. The van der Waals surface area contributed by atoms with Gasteiger partial charge < -0.3 is 25.2 Å². The first-order valence-corrected chi connectivity index (χ1v) is 11.9. The molecule has 0 saturated carbocycles. The highest BCUT2D eigenvalue weighted by Gasteiger charge is 2.26. The maximum absolute atomic E-state index is 12.8. The van der Waals surface area contributed by atoms with E-state index in [2.05, 4.69) is 42.8 Å². The van der Waals surface area contributed by atoms with E-state index in [0.717, 1.165) is 69.4 Å². The van der Waals surface area contributed by atoms with Crippen molar-refractivity contribution in [1.29, 1.82) is 0 Å². The number of nitrogens with zero attached hydrogens (tertiary/aromatic N) is 4. The van der Waals surface area contributed by atoms with Crippen LogP contribution in [0.3, 0.4) is 0 Å². The minimum Gasteiger partial charge on any atom is -0.378 e. The van der Waals surface area contributed by atoms with Gasteiger partial charge in [-0.25, -0.2) is 0 Å². The second-order valence-electron chi connectivity index (χ2n) is 8.66. The molecule has 2 saturated heterocycles. The molecule has 2 aromatic carbocycles. The van der Waals surface area contributed by atoms with Crippen molar-refractivity contribution in [3.63, 3.8) is 0 Å². The quantitative estimate of drug-likeness (QED) is 0.579. The van der Waals surface area contributed by atoms with Gasteiger partial charge in [0.05, 0.1) is 13.2 Å². The van der Waals surface area contributed by atoms with Crippen LogP contribution in [0.2, 0.25) is 0 Å². The molecule has 0 spiro atoms. The zero-order valence-electron chi connectivity index (χ0n) is 19.2. The van der Waals surface area contributed by atoms with Crippen LogP contribution in [0.5, 0.6) is 0 Å². The van der Waals surface area contributed by atoms with E-state index in [9.17, 15) is 4.79 Å². The summed E-state index contributed by atoms with van der Waals surface area (Å²) in [5.74, 6) is 1.65. The topological polar surface area (TPSA) is 82.6 Å². The summed E-state index contributed by atoms with van der Waals surface area (Å²) in [6.45, 7) is 4.90. The van der Waals surface area contributed by atoms with Crippen molar-refractivity contribution in [3.8, 4) is 0 Å². The first-order valence-electron chi connectivity index (χ1n) is 11.9. The highest BCUT2D eigenvalue weighted by molar-refractivity contribution is 5.92. The van der Waals surface area contributed by atoms with Gasteiger partial charge in [-0.2, -0.15) is 0 Å². The Balaban J connectivity index is 1.10. The molecule has 3 aromatic rings. The summed E-state index contributed by atoms with van der Waals surface area (Å²) in [6.07, 6.45) is 1.59. The lowest BCUT2D eigenvalue weighted by molar-refractivity contribution is -0.120. The van der Waals surface area contributed by atoms with E-state index in [1.165, 1.54) is 5.69 Å². The number of para-hydroxylation sites is 1. The van der Waals surface area contributed by atoms with E-state index in [-0.39, 0.29) is 11.8 Å². The van der Waals surface area contributed by atoms with Crippen LogP contribution in [-0.4, -0.2) is 55.5 Å². The lowest BCUT2D eigenvalue weighted by atomic mass is 9.96. The third kappa shape index (κ3) is 5.46. The highest BCUT2D eigenvalue weighted by atomic mass is 16.5. The average Bonchev–Trinajstić information content (AvgIpc) is 2.91. The fraction of sp³-hybridized carbons (Fsp3) is 0.346.